The molecule has 3 heteroatoms. The lowest BCUT2D eigenvalue weighted by Crippen LogP contribution is -2.25. The quantitative estimate of drug-likeness (QED) is 0.877. The van der Waals surface area contributed by atoms with Crippen LogP contribution in [-0.4, -0.2) is 10.6 Å². The van der Waals surface area contributed by atoms with Gasteiger partial charge in [-0.15, -0.1) is 0 Å². The second-order valence-electron chi connectivity index (χ2n) is 5.86. The summed E-state index contributed by atoms with van der Waals surface area (Å²) in [6.07, 6.45) is 7.74. The number of rotatable bonds is 5. The summed E-state index contributed by atoms with van der Waals surface area (Å²) in [5.41, 5.74) is 9.70. The van der Waals surface area contributed by atoms with E-state index in [9.17, 15) is 0 Å². The maximum Gasteiger partial charge on any atom is 0.0486 e. The Morgan fingerprint density at radius 2 is 2.10 bits per heavy atom. The molecule has 0 aliphatic heterocycles. The number of nitrogens with two attached hydrogens (primary N) is 1. The van der Waals surface area contributed by atoms with E-state index in [-0.39, 0.29) is 0 Å². The minimum absolute atomic E-state index is 0.612. The Bertz CT molecular complexity index is 579. The van der Waals surface area contributed by atoms with Gasteiger partial charge in [0.15, 0.2) is 0 Å². The third-order valence-electron chi connectivity index (χ3n) is 4.54. The zero-order valence-electron chi connectivity index (χ0n) is 12.4. The molecular formula is C17H25N3. The molecule has 1 aliphatic rings. The molecule has 0 bridgehead atoms. The Kier molecular flexibility index (Phi) is 4.08. The normalized spacial score (nSPS) is 16.3. The lowest BCUT2D eigenvalue weighted by Gasteiger charge is -2.10. The molecular weight excluding hydrogens is 246 g/mol. The van der Waals surface area contributed by atoms with Crippen LogP contribution in [0, 0.1) is 0 Å². The summed E-state index contributed by atoms with van der Waals surface area (Å²) in [6, 6.07) is 7.34. The lowest BCUT2D eigenvalue weighted by atomic mass is 10.1. The van der Waals surface area contributed by atoms with Crippen LogP contribution in [0.3, 0.4) is 0 Å². The third-order valence-corrected chi connectivity index (χ3v) is 4.54. The molecule has 2 aromatic rings. The van der Waals surface area contributed by atoms with E-state index >= 15 is 0 Å². The molecule has 3 rings (SSSR count). The van der Waals surface area contributed by atoms with E-state index in [1.807, 2.05) is 0 Å². The van der Waals surface area contributed by atoms with E-state index in [1.54, 1.807) is 0 Å². The van der Waals surface area contributed by atoms with E-state index in [2.05, 4.69) is 41.2 Å². The molecule has 3 nitrogen and oxygen atoms in total. The van der Waals surface area contributed by atoms with Gasteiger partial charge in [-0.05, 0) is 37.0 Å². The lowest BCUT2D eigenvalue weighted by molar-refractivity contribution is 0.525. The molecule has 1 saturated carbocycles. The second-order valence-corrected chi connectivity index (χ2v) is 5.86. The summed E-state index contributed by atoms with van der Waals surface area (Å²) in [7, 11) is 0. The smallest absolute Gasteiger partial charge is 0.0486 e. The van der Waals surface area contributed by atoms with Gasteiger partial charge in [-0.2, -0.15) is 0 Å². The maximum atomic E-state index is 5.76. The van der Waals surface area contributed by atoms with Crippen molar-refractivity contribution in [1.82, 2.24) is 9.88 Å². The zero-order valence-corrected chi connectivity index (χ0v) is 12.4. The van der Waals surface area contributed by atoms with Crippen molar-refractivity contribution in [3.63, 3.8) is 0 Å². The van der Waals surface area contributed by atoms with Crippen molar-refractivity contribution >= 4 is 10.9 Å². The minimum atomic E-state index is 0.612. The SMILES string of the molecule is CCn1cc(CNC2CCCC2)c2ccc(CN)cc21. The Hall–Kier alpha value is -1.32. The van der Waals surface area contributed by atoms with Crippen molar-refractivity contribution in [2.24, 2.45) is 5.73 Å². The van der Waals surface area contributed by atoms with Gasteiger partial charge in [0.25, 0.3) is 0 Å². The number of aromatic nitrogens is 1. The molecule has 0 atom stereocenters. The Labute approximate surface area is 121 Å². The van der Waals surface area contributed by atoms with E-state index in [1.165, 1.54) is 47.7 Å². The van der Waals surface area contributed by atoms with E-state index in [0.29, 0.717) is 6.54 Å². The molecule has 1 aromatic heterocycles. The fraction of sp³-hybridized carbons (Fsp3) is 0.529. The minimum Gasteiger partial charge on any atom is -0.347 e. The number of fused-ring (bicyclic) bond motifs is 1. The van der Waals surface area contributed by atoms with Crippen LogP contribution in [0.5, 0.6) is 0 Å². The molecule has 108 valence electrons. The fourth-order valence-electron chi connectivity index (χ4n) is 3.33. The van der Waals surface area contributed by atoms with E-state index in [4.69, 9.17) is 5.73 Å². The molecule has 0 unspecified atom stereocenters. The van der Waals surface area contributed by atoms with Crippen molar-refractivity contribution in [3.05, 3.63) is 35.5 Å². The highest BCUT2D eigenvalue weighted by atomic mass is 15.0. The summed E-state index contributed by atoms with van der Waals surface area (Å²) in [4.78, 5) is 0. The first-order chi connectivity index (χ1) is 9.81. The molecule has 3 N–H and O–H groups in total. The van der Waals surface area contributed by atoms with Crippen LogP contribution in [0.1, 0.15) is 43.7 Å². The van der Waals surface area contributed by atoms with Gasteiger partial charge < -0.3 is 15.6 Å². The molecule has 1 aliphatic carbocycles. The number of hydrogen-bond donors (Lipinski definition) is 2. The summed E-state index contributed by atoms with van der Waals surface area (Å²) >= 11 is 0. The van der Waals surface area contributed by atoms with Gasteiger partial charge in [-0.3, -0.25) is 0 Å². The Morgan fingerprint density at radius 1 is 1.30 bits per heavy atom. The first-order valence-corrected chi connectivity index (χ1v) is 7.86. The van der Waals surface area contributed by atoms with Crippen LogP contribution in [0.25, 0.3) is 10.9 Å². The summed E-state index contributed by atoms with van der Waals surface area (Å²) in [6.45, 7) is 4.80. The highest BCUT2D eigenvalue weighted by Crippen LogP contribution is 2.24. The maximum absolute atomic E-state index is 5.76. The largest absolute Gasteiger partial charge is 0.347 e. The monoisotopic (exact) mass is 271 g/mol. The van der Waals surface area contributed by atoms with Crippen molar-refractivity contribution in [1.29, 1.82) is 0 Å². The van der Waals surface area contributed by atoms with E-state index in [0.717, 1.165) is 19.1 Å². The van der Waals surface area contributed by atoms with E-state index < -0.39 is 0 Å². The third kappa shape index (κ3) is 2.60. The van der Waals surface area contributed by atoms with Crippen molar-refractivity contribution in [3.8, 4) is 0 Å². The van der Waals surface area contributed by atoms with Crippen LogP contribution < -0.4 is 11.1 Å². The van der Waals surface area contributed by atoms with Crippen LogP contribution in [0.4, 0.5) is 0 Å². The molecule has 20 heavy (non-hydrogen) atoms. The first-order valence-electron chi connectivity index (χ1n) is 7.86. The van der Waals surface area contributed by atoms with Crippen molar-refractivity contribution < 1.29 is 0 Å². The molecule has 0 saturated heterocycles. The van der Waals surface area contributed by atoms with Gasteiger partial charge in [0.2, 0.25) is 0 Å². The number of aryl methyl sites for hydroxylation is 1. The summed E-state index contributed by atoms with van der Waals surface area (Å²) in [5, 5.41) is 5.09. The average molecular weight is 271 g/mol. The van der Waals surface area contributed by atoms with Crippen LogP contribution >= 0.6 is 0 Å². The summed E-state index contributed by atoms with van der Waals surface area (Å²) in [5.74, 6) is 0. The first kappa shape index (κ1) is 13.7. The highest BCUT2D eigenvalue weighted by Gasteiger charge is 2.15. The second kappa shape index (κ2) is 5.98. The average Bonchev–Trinajstić information content (AvgIpc) is 3.11. The molecule has 1 heterocycles. The topological polar surface area (TPSA) is 43.0 Å². The molecule has 1 fully saturated rings. The number of nitrogens with zero attached hydrogens (tertiary/aromatic N) is 1. The Balaban J connectivity index is 1.86. The molecule has 0 spiro atoms. The van der Waals surface area contributed by atoms with Crippen molar-refractivity contribution in [2.45, 2.75) is 58.3 Å². The fourth-order valence-corrected chi connectivity index (χ4v) is 3.33. The predicted octanol–water partition coefficient (Wildman–Crippen LogP) is 3.15. The van der Waals surface area contributed by atoms with Gasteiger partial charge in [0.1, 0.15) is 0 Å². The van der Waals surface area contributed by atoms with Gasteiger partial charge in [-0.25, -0.2) is 0 Å². The van der Waals surface area contributed by atoms with Crippen LogP contribution in [0.15, 0.2) is 24.4 Å². The Morgan fingerprint density at radius 3 is 2.80 bits per heavy atom. The standard InChI is InChI=1S/C17H25N3/c1-2-20-12-14(11-19-15-5-3-4-6-15)16-8-7-13(10-18)9-17(16)20/h7-9,12,15,19H,2-6,10-11,18H2,1H3. The highest BCUT2D eigenvalue weighted by molar-refractivity contribution is 5.84. The van der Waals surface area contributed by atoms with Gasteiger partial charge in [-0.1, -0.05) is 25.0 Å². The van der Waals surface area contributed by atoms with Gasteiger partial charge in [0, 0.05) is 42.8 Å². The van der Waals surface area contributed by atoms with Gasteiger partial charge >= 0.3 is 0 Å². The number of hydrogen-bond acceptors (Lipinski definition) is 2. The molecule has 0 amide bonds. The molecule has 0 radical (unpaired) electrons. The van der Waals surface area contributed by atoms with Gasteiger partial charge in [0.05, 0.1) is 0 Å². The van der Waals surface area contributed by atoms with Crippen LogP contribution in [0.2, 0.25) is 0 Å². The molecule has 1 aromatic carbocycles. The number of nitrogens with one attached hydrogen (secondary N) is 1. The predicted molar refractivity (Wildman–Crippen MR) is 84.6 cm³/mol. The van der Waals surface area contributed by atoms with Crippen molar-refractivity contribution in [2.75, 3.05) is 0 Å². The summed E-state index contributed by atoms with van der Waals surface area (Å²) < 4.78 is 2.33. The van der Waals surface area contributed by atoms with Crippen LogP contribution in [-0.2, 0) is 19.6 Å². The number of benzene rings is 1. The zero-order chi connectivity index (χ0) is 13.9.